The fourth-order valence-corrected chi connectivity index (χ4v) is 2.86. The quantitative estimate of drug-likeness (QED) is 0.730. The van der Waals surface area contributed by atoms with E-state index >= 15 is 0 Å². The van der Waals surface area contributed by atoms with Crippen molar-refractivity contribution in [2.45, 2.75) is 44.6 Å². The third-order valence-electron chi connectivity index (χ3n) is 3.93. The summed E-state index contributed by atoms with van der Waals surface area (Å²) in [7, 11) is 1.63. The molecule has 88 valence electrons. The van der Waals surface area contributed by atoms with Gasteiger partial charge in [-0.05, 0) is 31.4 Å². The molecule has 1 fully saturated rings. The molecule has 0 bridgehead atoms. The van der Waals surface area contributed by atoms with E-state index in [0.717, 1.165) is 18.4 Å². The second kappa shape index (κ2) is 4.54. The highest BCUT2D eigenvalue weighted by atomic mass is 16.5. The maximum absolute atomic E-state index is 12.5. The molecule has 2 nitrogen and oxygen atoms in total. The monoisotopic (exact) mass is 220 g/mol. The maximum atomic E-state index is 12.5. The van der Waals surface area contributed by atoms with Gasteiger partial charge < -0.3 is 4.74 Å². The highest BCUT2D eigenvalue weighted by Gasteiger charge is 2.43. The number of hydrogen-bond acceptors (Lipinski definition) is 2. The Morgan fingerprint density at radius 1 is 1.38 bits per heavy atom. The number of ketones is 1. The second-order valence-electron chi connectivity index (χ2n) is 4.85. The number of ether oxygens (including phenoxy) is 1. The van der Waals surface area contributed by atoms with Gasteiger partial charge in [0.05, 0.1) is 0 Å². The van der Waals surface area contributed by atoms with Gasteiger partial charge in [0, 0.05) is 13.0 Å². The Bertz CT molecular complexity index is 335. The minimum absolute atomic E-state index is 0.194. The predicted molar refractivity (Wildman–Crippen MR) is 64.2 cm³/mol. The van der Waals surface area contributed by atoms with Gasteiger partial charge in [-0.25, -0.2) is 0 Å². The van der Waals surface area contributed by atoms with Crippen molar-refractivity contribution in [2.24, 2.45) is 5.92 Å². The van der Waals surface area contributed by atoms with Crippen molar-refractivity contribution in [1.82, 2.24) is 0 Å². The van der Waals surface area contributed by atoms with Crippen LogP contribution in [-0.4, -0.2) is 18.5 Å². The topological polar surface area (TPSA) is 26.3 Å². The lowest BCUT2D eigenvalue weighted by Crippen LogP contribution is -2.43. The molecule has 1 atom stereocenters. The summed E-state index contributed by atoms with van der Waals surface area (Å²) < 4.78 is 5.52. The average molecular weight is 220 g/mol. The highest BCUT2D eigenvalue weighted by Crippen LogP contribution is 2.36. The van der Waals surface area contributed by atoms with Crippen LogP contribution in [-0.2, 0) is 9.53 Å². The van der Waals surface area contributed by atoms with Crippen molar-refractivity contribution in [3.63, 3.8) is 0 Å². The number of carbonyl (C=O) groups is 1. The van der Waals surface area contributed by atoms with Crippen LogP contribution in [0.5, 0.6) is 0 Å². The van der Waals surface area contributed by atoms with E-state index in [4.69, 9.17) is 4.74 Å². The van der Waals surface area contributed by atoms with Crippen molar-refractivity contribution < 1.29 is 9.53 Å². The molecule has 0 radical (unpaired) electrons. The summed E-state index contributed by atoms with van der Waals surface area (Å²) >= 11 is 0. The van der Waals surface area contributed by atoms with Gasteiger partial charge in [-0.3, -0.25) is 4.79 Å². The van der Waals surface area contributed by atoms with Crippen LogP contribution in [0.1, 0.15) is 39.0 Å². The molecule has 0 N–H and O–H groups in total. The lowest BCUT2D eigenvalue weighted by atomic mass is 9.78. The molecule has 2 heteroatoms. The Morgan fingerprint density at radius 2 is 2.06 bits per heavy atom. The summed E-state index contributed by atoms with van der Waals surface area (Å²) in [4.78, 5) is 12.5. The molecule has 2 aliphatic rings. The van der Waals surface area contributed by atoms with Crippen molar-refractivity contribution in [3.05, 3.63) is 23.8 Å². The number of carbonyl (C=O) groups excluding carboxylic acids is 1. The largest absolute Gasteiger partial charge is 0.362 e. The van der Waals surface area contributed by atoms with Crippen LogP contribution in [0, 0.1) is 5.92 Å². The van der Waals surface area contributed by atoms with E-state index in [0.29, 0.717) is 0 Å². The molecule has 0 aromatic rings. The SMILES string of the molecule is COC1(C(=O)C2CCCCC2)C=CC=C1C. The Morgan fingerprint density at radius 3 is 2.56 bits per heavy atom. The van der Waals surface area contributed by atoms with Crippen LogP contribution in [0.25, 0.3) is 0 Å². The van der Waals surface area contributed by atoms with E-state index in [9.17, 15) is 4.79 Å². The van der Waals surface area contributed by atoms with E-state index in [1.54, 1.807) is 7.11 Å². The van der Waals surface area contributed by atoms with E-state index in [2.05, 4.69) is 0 Å². The van der Waals surface area contributed by atoms with E-state index in [1.807, 2.05) is 25.2 Å². The summed E-state index contributed by atoms with van der Waals surface area (Å²) in [5, 5.41) is 0. The molecule has 1 saturated carbocycles. The van der Waals surface area contributed by atoms with Crippen LogP contribution < -0.4 is 0 Å². The molecule has 0 aromatic heterocycles. The first-order valence-corrected chi connectivity index (χ1v) is 6.17. The molecule has 0 saturated heterocycles. The number of methoxy groups -OCH3 is 1. The first-order chi connectivity index (χ1) is 7.70. The molecule has 0 aromatic carbocycles. The normalized spacial score (nSPS) is 30.5. The van der Waals surface area contributed by atoms with Crippen molar-refractivity contribution in [1.29, 1.82) is 0 Å². The zero-order chi connectivity index (χ0) is 11.6. The number of hydrogen-bond donors (Lipinski definition) is 0. The number of allylic oxidation sites excluding steroid dienone is 2. The fraction of sp³-hybridized carbons (Fsp3) is 0.643. The number of rotatable bonds is 3. The van der Waals surface area contributed by atoms with Crippen molar-refractivity contribution in [2.75, 3.05) is 7.11 Å². The third-order valence-corrected chi connectivity index (χ3v) is 3.93. The van der Waals surface area contributed by atoms with Crippen LogP contribution in [0.2, 0.25) is 0 Å². The second-order valence-corrected chi connectivity index (χ2v) is 4.85. The van der Waals surface area contributed by atoms with Gasteiger partial charge in [-0.1, -0.05) is 31.4 Å². The average Bonchev–Trinajstić information content (AvgIpc) is 2.72. The Labute approximate surface area is 97.4 Å². The van der Waals surface area contributed by atoms with Gasteiger partial charge in [0.2, 0.25) is 0 Å². The van der Waals surface area contributed by atoms with Crippen LogP contribution >= 0.6 is 0 Å². The van der Waals surface area contributed by atoms with Gasteiger partial charge in [-0.2, -0.15) is 0 Å². The zero-order valence-corrected chi connectivity index (χ0v) is 10.2. The molecule has 0 amide bonds. The zero-order valence-electron chi connectivity index (χ0n) is 10.2. The summed E-state index contributed by atoms with van der Waals surface area (Å²) in [6, 6.07) is 0. The molecule has 1 unspecified atom stereocenters. The predicted octanol–water partition coefficient (Wildman–Crippen LogP) is 3.04. The van der Waals surface area contributed by atoms with E-state index < -0.39 is 5.60 Å². The minimum atomic E-state index is -0.748. The van der Waals surface area contributed by atoms with Crippen LogP contribution in [0.3, 0.4) is 0 Å². The summed E-state index contributed by atoms with van der Waals surface area (Å²) in [5.74, 6) is 0.456. The maximum Gasteiger partial charge on any atom is 0.175 e. The standard InChI is InChI=1S/C14H20O2/c1-11-7-6-10-14(11,16-2)13(15)12-8-4-3-5-9-12/h6-7,10,12H,3-5,8-9H2,1-2H3. The summed E-state index contributed by atoms with van der Waals surface area (Å²) in [5.41, 5.74) is 0.271. The van der Waals surface area contributed by atoms with Crippen LogP contribution in [0.15, 0.2) is 23.8 Å². The molecule has 2 aliphatic carbocycles. The number of Topliss-reactive ketones (excluding diaryl/α,β-unsaturated/α-hetero) is 1. The molecule has 2 rings (SSSR count). The van der Waals surface area contributed by atoms with Crippen LogP contribution in [0.4, 0.5) is 0 Å². The molecule has 0 spiro atoms. The Kier molecular flexibility index (Phi) is 3.29. The minimum Gasteiger partial charge on any atom is -0.362 e. The van der Waals surface area contributed by atoms with Gasteiger partial charge in [0.1, 0.15) is 0 Å². The van der Waals surface area contributed by atoms with Gasteiger partial charge in [-0.15, -0.1) is 0 Å². The Balaban J connectivity index is 2.18. The third kappa shape index (κ3) is 1.75. The molecular formula is C14H20O2. The molecule has 0 heterocycles. The fourth-order valence-electron chi connectivity index (χ4n) is 2.86. The van der Waals surface area contributed by atoms with Gasteiger partial charge in [0.25, 0.3) is 0 Å². The first kappa shape index (κ1) is 11.6. The highest BCUT2D eigenvalue weighted by molar-refractivity contribution is 5.95. The first-order valence-electron chi connectivity index (χ1n) is 6.17. The lowest BCUT2D eigenvalue weighted by Gasteiger charge is -2.32. The molecular weight excluding hydrogens is 200 g/mol. The van der Waals surface area contributed by atoms with Crippen molar-refractivity contribution >= 4 is 5.78 Å². The smallest absolute Gasteiger partial charge is 0.175 e. The van der Waals surface area contributed by atoms with E-state index in [-0.39, 0.29) is 11.7 Å². The molecule has 0 aliphatic heterocycles. The Hall–Kier alpha value is -0.890. The molecule has 16 heavy (non-hydrogen) atoms. The van der Waals surface area contributed by atoms with Gasteiger partial charge >= 0.3 is 0 Å². The van der Waals surface area contributed by atoms with E-state index in [1.165, 1.54) is 19.3 Å². The van der Waals surface area contributed by atoms with Crippen molar-refractivity contribution in [3.8, 4) is 0 Å². The summed E-state index contributed by atoms with van der Waals surface area (Å²) in [6.45, 7) is 1.98. The lowest BCUT2D eigenvalue weighted by molar-refractivity contribution is -0.137. The summed E-state index contributed by atoms with van der Waals surface area (Å²) in [6.07, 6.45) is 11.5. The van der Waals surface area contributed by atoms with Gasteiger partial charge in [0.15, 0.2) is 11.4 Å².